The van der Waals surface area contributed by atoms with Crippen molar-refractivity contribution in [3.8, 4) is 0 Å². The molecule has 0 aromatic heterocycles. The van der Waals surface area contributed by atoms with Crippen LogP contribution in [0.3, 0.4) is 0 Å². The van der Waals surface area contributed by atoms with Gasteiger partial charge in [-0.15, -0.1) is 0 Å². The lowest BCUT2D eigenvalue weighted by Crippen LogP contribution is -2.40. The summed E-state index contributed by atoms with van der Waals surface area (Å²) in [4.78, 5) is 0. The van der Waals surface area contributed by atoms with Crippen molar-refractivity contribution in [3.05, 3.63) is 35.4 Å². The van der Waals surface area contributed by atoms with Gasteiger partial charge in [0.2, 0.25) is 0 Å². The minimum Gasteiger partial charge on any atom is -0.328 e. The summed E-state index contributed by atoms with van der Waals surface area (Å²) in [6.45, 7) is 4.43. The van der Waals surface area contributed by atoms with E-state index >= 15 is 0 Å². The predicted molar refractivity (Wildman–Crippen MR) is 73.0 cm³/mol. The van der Waals surface area contributed by atoms with E-state index in [4.69, 9.17) is 5.73 Å². The lowest BCUT2D eigenvalue weighted by Gasteiger charge is -2.30. The topological polar surface area (TPSA) is 38.0 Å². The maximum Gasteiger partial charge on any atom is 0.0296 e. The summed E-state index contributed by atoms with van der Waals surface area (Å²) < 4.78 is 0. The van der Waals surface area contributed by atoms with Gasteiger partial charge >= 0.3 is 0 Å². The van der Waals surface area contributed by atoms with Crippen LogP contribution in [0.25, 0.3) is 0 Å². The second-order valence-electron chi connectivity index (χ2n) is 5.37. The average Bonchev–Trinajstić information content (AvgIpc) is 2.29. The average molecular weight is 232 g/mol. The normalized spacial score (nSPS) is 26.8. The Morgan fingerprint density at radius 3 is 2.76 bits per heavy atom. The van der Waals surface area contributed by atoms with Gasteiger partial charge in [0.25, 0.3) is 0 Å². The van der Waals surface area contributed by atoms with Gasteiger partial charge in [-0.05, 0) is 44.2 Å². The van der Waals surface area contributed by atoms with E-state index in [9.17, 15) is 0 Å². The van der Waals surface area contributed by atoms with Crippen LogP contribution >= 0.6 is 0 Å². The largest absolute Gasteiger partial charge is 0.328 e. The minimum absolute atomic E-state index is 0.394. The molecule has 1 aliphatic rings. The fourth-order valence-electron chi connectivity index (χ4n) is 2.89. The van der Waals surface area contributed by atoms with E-state index in [0.717, 1.165) is 6.42 Å². The Kier molecular flexibility index (Phi) is 4.19. The summed E-state index contributed by atoms with van der Waals surface area (Å²) in [6, 6.07) is 10.0. The van der Waals surface area contributed by atoms with E-state index < -0.39 is 0 Å². The lowest BCUT2D eigenvalue weighted by molar-refractivity contribution is 0.318. The Morgan fingerprint density at radius 2 is 2.06 bits per heavy atom. The smallest absolute Gasteiger partial charge is 0.0296 e. The summed E-state index contributed by atoms with van der Waals surface area (Å²) in [5, 5.41) is 3.73. The predicted octanol–water partition coefficient (Wildman–Crippen LogP) is 2.92. The summed E-state index contributed by atoms with van der Waals surface area (Å²) in [5.41, 5.74) is 8.81. The van der Waals surface area contributed by atoms with Crippen LogP contribution in [-0.2, 0) is 0 Å². The molecule has 1 saturated carbocycles. The maximum atomic E-state index is 6.03. The van der Waals surface area contributed by atoms with Crippen molar-refractivity contribution in [3.63, 3.8) is 0 Å². The second kappa shape index (κ2) is 5.65. The first-order valence-electron chi connectivity index (χ1n) is 6.74. The lowest BCUT2D eigenvalue weighted by atomic mass is 9.90. The molecule has 0 saturated heterocycles. The molecule has 0 amide bonds. The van der Waals surface area contributed by atoms with Crippen molar-refractivity contribution in [2.24, 2.45) is 5.73 Å². The van der Waals surface area contributed by atoms with E-state index in [-0.39, 0.29) is 0 Å². The maximum absolute atomic E-state index is 6.03. The highest BCUT2D eigenvalue weighted by atomic mass is 15.0. The monoisotopic (exact) mass is 232 g/mol. The zero-order valence-electron chi connectivity index (χ0n) is 10.9. The van der Waals surface area contributed by atoms with Crippen LogP contribution in [0, 0.1) is 6.92 Å². The molecule has 0 heterocycles. The summed E-state index contributed by atoms with van der Waals surface area (Å²) in [6.07, 6.45) is 4.84. The standard InChI is InChI=1S/C15H24N2/c1-11-6-3-4-9-15(11)12(2)17-14-8-5-7-13(16)10-14/h3-4,6,9,12-14,17H,5,7-8,10,16H2,1-2H3/t12-,13?,14?/m0/s1. The number of hydrogen-bond acceptors (Lipinski definition) is 2. The molecule has 1 aliphatic carbocycles. The van der Waals surface area contributed by atoms with Gasteiger partial charge in [0.05, 0.1) is 0 Å². The van der Waals surface area contributed by atoms with Crippen LogP contribution in [0.2, 0.25) is 0 Å². The Labute approximate surface area is 105 Å². The Morgan fingerprint density at radius 1 is 1.29 bits per heavy atom. The van der Waals surface area contributed by atoms with E-state index in [1.807, 2.05) is 0 Å². The molecule has 2 rings (SSSR count). The Balaban J connectivity index is 1.97. The van der Waals surface area contributed by atoms with E-state index in [1.54, 1.807) is 0 Å². The SMILES string of the molecule is Cc1ccccc1[C@H](C)NC1CCCC(N)C1. The van der Waals surface area contributed by atoms with Crippen LogP contribution in [-0.4, -0.2) is 12.1 Å². The fraction of sp³-hybridized carbons (Fsp3) is 0.600. The number of rotatable bonds is 3. The third-order valence-corrected chi connectivity index (χ3v) is 3.86. The number of hydrogen-bond donors (Lipinski definition) is 2. The van der Waals surface area contributed by atoms with Gasteiger partial charge in [-0.3, -0.25) is 0 Å². The number of aryl methyl sites for hydroxylation is 1. The molecule has 1 fully saturated rings. The highest BCUT2D eigenvalue weighted by molar-refractivity contribution is 5.28. The Hall–Kier alpha value is -0.860. The Bertz CT molecular complexity index is 362. The highest BCUT2D eigenvalue weighted by Gasteiger charge is 2.21. The number of nitrogens with one attached hydrogen (secondary N) is 1. The van der Waals surface area contributed by atoms with E-state index in [1.165, 1.54) is 30.4 Å². The molecular formula is C15H24N2. The van der Waals surface area contributed by atoms with Crippen molar-refractivity contribution >= 4 is 0 Å². The van der Waals surface area contributed by atoms with Gasteiger partial charge in [-0.1, -0.05) is 30.7 Å². The zero-order valence-corrected chi connectivity index (χ0v) is 10.9. The van der Waals surface area contributed by atoms with Crippen molar-refractivity contribution in [1.29, 1.82) is 0 Å². The van der Waals surface area contributed by atoms with Crippen molar-refractivity contribution in [2.45, 2.75) is 57.7 Å². The molecule has 0 spiro atoms. The molecular weight excluding hydrogens is 208 g/mol. The number of benzene rings is 1. The molecule has 94 valence electrons. The summed E-state index contributed by atoms with van der Waals surface area (Å²) in [5.74, 6) is 0. The van der Waals surface area contributed by atoms with Crippen LogP contribution < -0.4 is 11.1 Å². The molecule has 0 bridgehead atoms. The molecule has 3 atom stereocenters. The minimum atomic E-state index is 0.394. The molecule has 3 N–H and O–H groups in total. The van der Waals surface area contributed by atoms with Crippen molar-refractivity contribution < 1.29 is 0 Å². The van der Waals surface area contributed by atoms with Crippen molar-refractivity contribution in [1.82, 2.24) is 5.32 Å². The third-order valence-electron chi connectivity index (χ3n) is 3.86. The van der Waals surface area contributed by atoms with Gasteiger partial charge < -0.3 is 11.1 Å². The summed E-state index contributed by atoms with van der Waals surface area (Å²) in [7, 11) is 0. The first-order valence-corrected chi connectivity index (χ1v) is 6.74. The molecule has 0 aliphatic heterocycles. The van der Waals surface area contributed by atoms with Crippen molar-refractivity contribution in [2.75, 3.05) is 0 Å². The van der Waals surface area contributed by atoms with Gasteiger partial charge in [-0.25, -0.2) is 0 Å². The molecule has 2 heteroatoms. The van der Waals surface area contributed by atoms with Crippen LogP contribution in [0.15, 0.2) is 24.3 Å². The first-order chi connectivity index (χ1) is 8.16. The van der Waals surface area contributed by atoms with Gasteiger partial charge in [0, 0.05) is 18.1 Å². The van der Waals surface area contributed by atoms with Crippen LogP contribution in [0.5, 0.6) is 0 Å². The zero-order chi connectivity index (χ0) is 12.3. The fourth-order valence-corrected chi connectivity index (χ4v) is 2.89. The van der Waals surface area contributed by atoms with Crippen LogP contribution in [0.1, 0.15) is 49.8 Å². The van der Waals surface area contributed by atoms with Gasteiger partial charge in [-0.2, -0.15) is 0 Å². The molecule has 2 nitrogen and oxygen atoms in total. The van der Waals surface area contributed by atoms with Gasteiger partial charge in [0.1, 0.15) is 0 Å². The summed E-state index contributed by atoms with van der Waals surface area (Å²) >= 11 is 0. The number of nitrogens with two attached hydrogens (primary N) is 1. The quantitative estimate of drug-likeness (QED) is 0.841. The molecule has 0 radical (unpaired) electrons. The van der Waals surface area contributed by atoms with Crippen LogP contribution in [0.4, 0.5) is 0 Å². The highest BCUT2D eigenvalue weighted by Crippen LogP contribution is 2.22. The molecule has 17 heavy (non-hydrogen) atoms. The first kappa shape index (κ1) is 12.6. The van der Waals surface area contributed by atoms with E-state index in [0.29, 0.717) is 18.1 Å². The third kappa shape index (κ3) is 3.30. The van der Waals surface area contributed by atoms with Gasteiger partial charge in [0.15, 0.2) is 0 Å². The molecule has 2 unspecified atom stereocenters. The molecule has 1 aromatic rings. The molecule has 1 aromatic carbocycles. The second-order valence-corrected chi connectivity index (χ2v) is 5.37. The van der Waals surface area contributed by atoms with E-state index in [2.05, 4.69) is 43.4 Å².